The van der Waals surface area contributed by atoms with E-state index in [4.69, 9.17) is 10.2 Å². The number of hydrogen-bond donors (Lipinski definition) is 3. The zero-order chi connectivity index (χ0) is 9.68. The summed E-state index contributed by atoms with van der Waals surface area (Å²) < 4.78 is 0. The first-order chi connectivity index (χ1) is 6.24. The van der Waals surface area contributed by atoms with Gasteiger partial charge in [-0.2, -0.15) is 0 Å². The topological polar surface area (TPSA) is 52.5 Å². The third-order valence-corrected chi connectivity index (χ3v) is 2.82. The normalized spacial score (nSPS) is 31.6. The van der Waals surface area contributed by atoms with Gasteiger partial charge in [0, 0.05) is 19.2 Å². The molecule has 0 aromatic carbocycles. The molecular weight excluding hydrogens is 166 g/mol. The Kier molecular flexibility index (Phi) is 4.70. The Labute approximate surface area is 80.2 Å². The first-order valence-electron chi connectivity index (χ1n) is 5.26. The second-order valence-corrected chi connectivity index (χ2v) is 4.09. The van der Waals surface area contributed by atoms with Crippen LogP contribution in [0.1, 0.15) is 32.6 Å². The van der Waals surface area contributed by atoms with Crippen LogP contribution >= 0.6 is 0 Å². The molecular formula is C10H21NO2. The molecule has 1 saturated carbocycles. The highest BCUT2D eigenvalue weighted by Gasteiger charge is 2.23. The molecule has 2 unspecified atom stereocenters. The monoisotopic (exact) mass is 187 g/mol. The Morgan fingerprint density at radius 1 is 1.38 bits per heavy atom. The second kappa shape index (κ2) is 5.58. The van der Waals surface area contributed by atoms with Gasteiger partial charge in [-0.25, -0.2) is 0 Å². The van der Waals surface area contributed by atoms with Gasteiger partial charge < -0.3 is 15.5 Å². The lowest BCUT2D eigenvalue weighted by Gasteiger charge is -2.31. The van der Waals surface area contributed by atoms with Crippen LogP contribution in [0.5, 0.6) is 0 Å². The van der Waals surface area contributed by atoms with Crippen molar-refractivity contribution in [1.82, 2.24) is 5.32 Å². The molecule has 1 fully saturated rings. The molecule has 3 heteroatoms. The Bertz CT molecular complexity index is 139. The van der Waals surface area contributed by atoms with Crippen molar-refractivity contribution in [3.63, 3.8) is 0 Å². The van der Waals surface area contributed by atoms with Gasteiger partial charge in [-0.3, -0.25) is 0 Å². The number of hydrogen-bond acceptors (Lipinski definition) is 3. The minimum absolute atomic E-state index is 0.275. The third kappa shape index (κ3) is 3.63. The molecule has 1 aliphatic carbocycles. The molecule has 0 saturated heterocycles. The maximum absolute atomic E-state index is 9.12. The van der Waals surface area contributed by atoms with Crippen molar-refractivity contribution in [2.45, 2.75) is 44.8 Å². The van der Waals surface area contributed by atoms with Crippen molar-refractivity contribution >= 4 is 0 Å². The SMILES string of the molecule is C[C@H](O)CNC1CCCCC1CO. The summed E-state index contributed by atoms with van der Waals surface area (Å²) in [6.45, 7) is 2.70. The highest BCUT2D eigenvalue weighted by atomic mass is 16.3. The molecule has 1 rings (SSSR count). The molecule has 13 heavy (non-hydrogen) atoms. The summed E-state index contributed by atoms with van der Waals surface area (Å²) in [4.78, 5) is 0. The predicted molar refractivity (Wildman–Crippen MR) is 52.5 cm³/mol. The Balaban J connectivity index is 2.27. The van der Waals surface area contributed by atoms with Gasteiger partial charge in [-0.05, 0) is 25.7 Å². The van der Waals surface area contributed by atoms with Gasteiger partial charge in [0.2, 0.25) is 0 Å². The van der Waals surface area contributed by atoms with E-state index >= 15 is 0 Å². The maximum atomic E-state index is 9.12. The van der Waals surface area contributed by atoms with E-state index in [-0.39, 0.29) is 12.7 Å². The fraction of sp³-hybridized carbons (Fsp3) is 1.00. The van der Waals surface area contributed by atoms with Crippen LogP contribution in [0.15, 0.2) is 0 Å². The van der Waals surface area contributed by atoms with E-state index < -0.39 is 0 Å². The van der Waals surface area contributed by atoms with E-state index in [0.717, 1.165) is 12.8 Å². The second-order valence-electron chi connectivity index (χ2n) is 4.09. The summed E-state index contributed by atoms with van der Waals surface area (Å²) in [7, 11) is 0. The van der Waals surface area contributed by atoms with E-state index in [0.29, 0.717) is 18.5 Å². The van der Waals surface area contributed by atoms with E-state index in [1.54, 1.807) is 6.92 Å². The molecule has 3 N–H and O–H groups in total. The van der Waals surface area contributed by atoms with Gasteiger partial charge >= 0.3 is 0 Å². The quantitative estimate of drug-likeness (QED) is 0.601. The third-order valence-electron chi connectivity index (χ3n) is 2.82. The smallest absolute Gasteiger partial charge is 0.0636 e. The maximum Gasteiger partial charge on any atom is 0.0636 e. The molecule has 0 spiro atoms. The van der Waals surface area contributed by atoms with Crippen molar-refractivity contribution in [2.24, 2.45) is 5.92 Å². The van der Waals surface area contributed by atoms with Crippen molar-refractivity contribution in [3.8, 4) is 0 Å². The highest BCUT2D eigenvalue weighted by Crippen LogP contribution is 2.23. The molecule has 0 bridgehead atoms. The highest BCUT2D eigenvalue weighted by molar-refractivity contribution is 4.80. The number of aliphatic hydroxyl groups is 2. The average molecular weight is 187 g/mol. The van der Waals surface area contributed by atoms with Crippen LogP contribution in [0.25, 0.3) is 0 Å². The zero-order valence-electron chi connectivity index (χ0n) is 8.37. The molecule has 3 nitrogen and oxygen atoms in total. The molecule has 1 aliphatic rings. The van der Waals surface area contributed by atoms with Crippen molar-refractivity contribution < 1.29 is 10.2 Å². The van der Waals surface area contributed by atoms with Crippen LogP contribution in [0.2, 0.25) is 0 Å². The minimum atomic E-state index is -0.290. The molecule has 78 valence electrons. The van der Waals surface area contributed by atoms with E-state index in [1.807, 2.05) is 0 Å². The number of rotatable bonds is 4. The summed E-state index contributed by atoms with van der Waals surface area (Å²) in [5.41, 5.74) is 0. The molecule has 0 aromatic rings. The zero-order valence-corrected chi connectivity index (χ0v) is 8.37. The van der Waals surface area contributed by atoms with Gasteiger partial charge in [0.15, 0.2) is 0 Å². The summed E-state index contributed by atoms with van der Waals surface area (Å²) in [5.74, 6) is 0.396. The first-order valence-corrected chi connectivity index (χ1v) is 5.26. The van der Waals surface area contributed by atoms with Crippen LogP contribution in [-0.4, -0.2) is 35.5 Å². The molecule has 0 aromatic heterocycles. The van der Waals surface area contributed by atoms with Crippen LogP contribution in [-0.2, 0) is 0 Å². The number of nitrogens with one attached hydrogen (secondary N) is 1. The van der Waals surface area contributed by atoms with Crippen molar-refractivity contribution in [2.75, 3.05) is 13.2 Å². The van der Waals surface area contributed by atoms with Gasteiger partial charge in [-0.15, -0.1) is 0 Å². The van der Waals surface area contributed by atoms with Gasteiger partial charge in [0.25, 0.3) is 0 Å². The summed E-state index contributed by atoms with van der Waals surface area (Å²) in [6, 6.07) is 0.411. The van der Waals surface area contributed by atoms with Crippen LogP contribution in [0.4, 0.5) is 0 Å². The lowest BCUT2D eigenvalue weighted by atomic mass is 9.85. The molecule has 0 radical (unpaired) electrons. The van der Waals surface area contributed by atoms with E-state index in [2.05, 4.69) is 5.32 Å². The van der Waals surface area contributed by atoms with E-state index in [1.165, 1.54) is 12.8 Å². The van der Waals surface area contributed by atoms with Gasteiger partial charge in [0.1, 0.15) is 0 Å². The lowest BCUT2D eigenvalue weighted by Crippen LogP contribution is -2.42. The Hall–Kier alpha value is -0.120. The number of aliphatic hydroxyl groups excluding tert-OH is 2. The minimum Gasteiger partial charge on any atom is -0.396 e. The van der Waals surface area contributed by atoms with Crippen molar-refractivity contribution in [1.29, 1.82) is 0 Å². The Morgan fingerprint density at radius 2 is 2.08 bits per heavy atom. The summed E-state index contributed by atoms with van der Waals surface area (Å²) in [6.07, 6.45) is 4.44. The lowest BCUT2D eigenvalue weighted by molar-refractivity contribution is 0.133. The van der Waals surface area contributed by atoms with Crippen LogP contribution in [0, 0.1) is 5.92 Å². The van der Waals surface area contributed by atoms with Crippen LogP contribution in [0.3, 0.4) is 0 Å². The molecule has 0 heterocycles. The molecule has 0 amide bonds. The standard InChI is InChI=1S/C10H21NO2/c1-8(13)6-11-10-5-3-2-4-9(10)7-12/h8-13H,2-7H2,1H3/t8-,9?,10?/m0/s1. The van der Waals surface area contributed by atoms with Crippen molar-refractivity contribution in [3.05, 3.63) is 0 Å². The fourth-order valence-corrected chi connectivity index (χ4v) is 2.02. The predicted octanol–water partition coefficient (Wildman–Crippen LogP) is 0.508. The largest absolute Gasteiger partial charge is 0.396 e. The van der Waals surface area contributed by atoms with Gasteiger partial charge in [-0.1, -0.05) is 12.8 Å². The van der Waals surface area contributed by atoms with Gasteiger partial charge in [0.05, 0.1) is 6.10 Å². The fourth-order valence-electron chi connectivity index (χ4n) is 2.02. The summed E-state index contributed by atoms with van der Waals surface area (Å²) >= 11 is 0. The molecule has 0 aliphatic heterocycles. The molecule has 3 atom stereocenters. The van der Waals surface area contributed by atoms with Crippen LogP contribution < -0.4 is 5.32 Å². The summed E-state index contributed by atoms with van der Waals surface area (Å²) in [5, 5.41) is 21.6. The first kappa shape index (κ1) is 11.0. The average Bonchev–Trinajstić information content (AvgIpc) is 2.15. The van der Waals surface area contributed by atoms with E-state index in [9.17, 15) is 0 Å². The Morgan fingerprint density at radius 3 is 2.69 bits per heavy atom.